The fourth-order valence-corrected chi connectivity index (χ4v) is 9.39. The van der Waals surface area contributed by atoms with Gasteiger partial charge in [0, 0.05) is 49.6 Å². The number of aromatic nitrogens is 1. The molecular formula is C54H34N2O. The van der Waals surface area contributed by atoms with Crippen LogP contribution in [0, 0.1) is 0 Å². The Labute approximate surface area is 328 Å². The first-order chi connectivity index (χ1) is 28.2. The normalized spacial score (nSPS) is 12.4. The Bertz CT molecular complexity index is 3480. The van der Waals surface area contributed by atoms with Crippen LogP contribution in [0.1, 0.15) is 5.56 Å². The summed E-state index contributed by atoms with van der Waals surface area (Å²) in [5, 5.41) is 13.6. The summed E-state index contributed by atoms with van der Waals surface area (Å²) in [5.41, 5.74) is 11.0. The van der Waals surface area contributed by atoms with E-state index in [1.165, 1.54) is 81.5 Å². The van der Waals surface area contributed by atoms with E-state index in [1.54, 1.807) is 0 Å². The van der Waals surface area contributed by atoms with Gasteiger partial charge in [0.25, 0.3) is 0 Å². The number of rotatable bonds is 6. The van der Waals surface area contributed by atoms with Crippen LogP contribution >= 0.6 is 0 Å². The molecule has 3 nitrogen and oxygen atoms in total. The van der Waals surface area contributed by atoms with E-state index in [9.17, 15) is 0 Å². The third kappa shape index (κ3) is 4.66. The van der Waals surface area contributed by atoms with Crippen molar-refractivity contribution in [2.45, 2.75) is 0 Å². The molecule has 3 aromatic heterocycles. The molecule has 3 heterocycles. The highest BCUT2D eigenvalue weighted by molar-refractivity contribution is 6.26. The zero-order valence-corrected chi connectivity index (χ0v) is 31.0. The van der Waals surface area contributed by atoms with Crippen molar-refractivity contribution in [2.24, 2.45) is 0 Å². The Kier molecular flexibility index (Phi) is 6.78. The lowest BCUT2D eigenvalue weighted by Crippen LogP contribution is -2.15. The summed E-state index contributed by atoms with van der Waals surface area (Å²) in [7, 11) is 0. The monoisotopic (exact) mass is 726 g/mol. The molecule has 3 heteroatoms. The number of fused-ring (bicyclic) bond motifs is 13. The zero-order chi connectivity index (χ0) is 37.6. The highest BCUT2D eigenvalue weighted by Gasteiger charge is 2.20. The van der Waals surface area contributed by atoms with E-state index in [1.807, 2.05) is 24.5 Å². The van der Waals surface area contributed by atoms with Crippen molar-refractivity contribution < 1.29 is 4.42 Å². The molecular weight excluding hydrogens is 693 g/mol. The highest BCUT2D eigenvalue weighted by Crippen LogP contribution is 2.43. The molecule has 0 fully saturated rings. The maximum atomic E-state index is 5.99. The van der Waals surface area contributed by atoms with Crippen molar-refractivity contribution in [3.63, 3.8) is 0 Å². The van der Waals surface area contributed by atoms with Gasteiger partial charge in [0.05, 0.1) is 22.8 Å². The van der Waals surface area contributed by atoms with E-state index in [4.69, 9.17) is 4.42 Å². The summed E-state index contributed by atoms with van der Waals surface area (Å²) >= 11 is 0. The minimum Gasteiger partial charge on any atom is -0.464 e. The highest BCUT2D eigenvalue weighted by atomic mass is 16.3. The minimum atomic E-state index is 0.859. The van der Waals surface area contributed by atoms with Gasteiger partial charge >= 0.3 is 0 Å². The van der Waals surface area contributed by atoms with Gasteiger partial charge in [0.1, 0.15) is 5.58 Å². The molecule has 0 unspecified atom stereocenters. The Balaban J connectivity index is 1.06. The summed E-state index contributed by atoms with van der Waals surface area (Å²) in [6, 6.07) is 63.8. The van der Waals surface area contributed by atoms with E-state index in [0.717, 1.165) is 33.6 Å². The predicted octanol–water partition coefficient (Wildman–Crippen LogP) is 15.1. The summed E-state index contributed by atoms with van der Waals surface area (Å²) < 4.78 is 8.43. The molecule has 266 valence electrons. The molecule has 12 rings (SSSR count). The van der Waals surface area contributed by atoms with Gasteiger partial charge in [-0.25, -0.2) is 0 Å². The number of benzene rings is 9. The average Bonchev–Trinajstić information content (AvgIpc) is 3.95. The largest absolute Gasteiger partial charge is 0.464 e. The van der Waals surface area contributed by atoms with Gasteiger partial charge in [-0.05, 0) is 110 Å². The van der Waals surface area contributed by atoms with Gasteiger partial charge in [-0.1, -0.05) is 128 Å². The van der Waals surface area contributed by atoms with Crippen molar-refractivity contribution in [3.05, 3.63) is 206 Å². The minimum absolute atomic E-state index is 0.859. The van der Waals surface area contributed by atoms with Crippen molar-refractivity contribution in [1.29, 1.82) is 0 Å². The lowest BCUT2D eigenvalue weighted by Gasteiger charge is -2.27. The van der Waals surface area contributed by atoms with E-state index in [-0.39, 0.29) is 0 Å². The summed E-state index contributed by atoms with van der Waals surface area (Å²) in [6.45, 7) is 4.36. The Hall–Kier alpha value is -7.62. The van der Waals surface area contributed by atoms with Crippen LogP contribution in [0.5, 0.6) is 0 Å². The maximum Gasteiger partial charge on any atom is 0.134 e. The van der Waals surface area contributed by atoms with Crippen molar-refractivity contribution in [3.8, 4) is 11.1 Å². The lowest BCUT2D eigenvalue weighted by atomic mass is 9.94. The molecule has 0 radical (unpaired) electrons. The fraction of sp³-hybridized carbons (Fsp3) is 0. The number of nitrogens with zero attached hydrogens (tertiary/aromatic N) is 2. The van der Waals surface area contributed by atoms with Gasteiger partial charge in [0.2, 0.25) is 0 Å². The molecule has 0 aliphatic heterocycles. The number of para-hydroxylation sites is 3. The number of hydrogen-bond acceptors (Lipinski definition) is 2. The smallest absolute Gasteiger partial charge is 0.134 e. The predicted molar refractivity (Wildman–Crippen MR) is 242 cm³/mol. The number of hydrogen-bond donors (Lipinski definition) is 0. The summed E-state index contributed by atoms with van der Waals surface area (Å²) in [6.07, 6.45) is 5.96. The Morgan fingerprint density at radius 3 is 1.58 bits per heavy atom. The topological polar surface area (TPSA) is 20.8 Å². The van der Waals surface area contributed by atoms with Crippen LogP contribution in [0.2, 0.25) is 0 Å². The van der Waals surface area contributed by atoms with E-state index in [2.05, 4.69) is 186 Å². The summed E-state index contributed by atoms with van der Waals surface area (Å²) in [4.78, 5) is 2.31. The molecule has 9 aromatic carbocycles. The molecule has 0 N–H and O–H groups in total. The third-order valence-electron chi connectivity index (χ3n) is 11.9. The van der Waals surface area contributed by atoms with E-state index in [0.29, 0.717) is 0 Å². The van der Waals surface area contributed by atoms with Gasteiger partial charge in [-0.2, -0.15) is 0 Å². The molecule has 0 aliphatic rings. The molecule has 0 atom stereocenters. The van der Waals surface area contributed by atoms with Gasteiger partial charge < -0.3 is 13.7 Å². The number of allylic oxidation sites excluding steroid dienone is 1. The molecule has 0 aliphatic carbocycles. The van der Waals surface area contributed by atoms with Gasteiger partial charge in [0.15, 0.2) is 0 Å². The van der Waals surface area contributed by atoms with Crippen molar-refractivity contribution in [2.75, 3.05) is 4.90 Å². The first-order valence-corrected chi connectivity index (χ1v) is 19.4. The second-order valence-electron chi connectivity index (χ2n) is 15.0. The van der Waals surface area contributed by atoms with Crippen LogP contribution in [-0.4, -0.2) is 4.40 Å². The Morgan fingerprint density at radius 1 is 0.456 bits per heavy atom. The summed E-state index contributed by atoms with van der Waals surface area (Å²) in [5.74, 6) is 0. The second-order valence-corrected chi connectivity index (χ2v) is 15.0. The van der Waals surface area contributed by atoms with Crippen LogP contribution in [-0.2, 0) is 0 Å². The van der Waals surface area contributed by atoms with Crippen LogP contribution in [0.3, 0.4) is 0 Å². The molecule has 0 spiro atoms. The molecule has 0 saturated heterocycles. The first-order valence-electron chi connectivity index (χ1n) is 19.4. The van der Waals surface area contributed by atoms with E-state index < -0.39 is 0 Å². The van der Waals surface area contributed by atoms with Crippen LogP contribution in [0.15, 0.2) is 205 Å². The fourth-order valence-electron chi connectivity index (χ4n) is 9.39. The molecule has 0 amide bonds. The first kappa shape index (κ1) is 31.7. The number of anilines is 2. The zero-order valence-electron chi connectivity index (χ0n) is 31.0. The standard InChI is InChI=1S/C54H34N2O/c1-2-37(29-36-33-57-53-22-12-9-13-40(36)53)55(39-27-28-45-43-16-4-3-14-41(43)42-15-5-6-17-44(42)48(45)32-39)38-25-23-34(24-26-38)35-30-49-46-18-7-10-20-51(46)56-52-21-11-8-19-47(52)50(31-35)54(49)56/h2-33H,1H2/b37-29+. The van der Waals surface area contributed by atoms with Crippen molar-refractivity contribution >= 4 is 98.8 Å². The van der Waals surface area contributed by atoms with Gasteiger partial charge in [-0.3, -0.25) is 0 Å². The SMILES string of the molecule is C=C/C(=C\c1coc2ccccc12)N(c1ccc(-c2cc3c4ccccc4n4c5ccccc5c(c2)c34)cc1)c1ccc2c3ccccc3c3ccccc3c2c1. The molecule has 0 bridgehead atoms. The number of furan rings is 1. The van der Waals surface area contributed by atoms with Crippen LogP contribution in [0.4, 0.5) is 11.4 Å². The van der Waals surface area contributed by atoms with Crippen LogP contribution in [0.25, 0.3) is 98.6 Å². The quantitative estimate of drug-likeness (QED) is 0.126. The maximum absolute atomic E-state index is 5.99. The van der Waals surface area contributed by atoms with Crippen LogP contribution < -0.4 is 4.90 Å². The van der Waals surface area contributed by atoms with Crippen molar-refractivity contribution in [1.82, 2.24) is 4.40 Å². The van der Waals surface area contributed by atoms with E-state index >= 15 is 0 Å². The Morgan fingerprint density at radius 2 is 0.965 bits per heavy atom. The lowest BCUT2D eigenvalue weighted by molar-refractivity contribution is 0.615. The average molecular weight is 727 g/mol. The molecule has 12 aromatic rings. The second kappa shape index (κ2) is 12.2. The molecule has 0 saturated carbocycles. The molecule has 57 heavy (non-hydrogen) atoms. The van der Waals surface area contributed by atoms with Gasteiger partial charge in [-0.15, -0.1) is 0 Å². The third-order valence-corrected chi connectivity index (χ3v) is 11.9.